The van der Waals surface area contributed by atoms with E-state index in [4.69, 9.17) is 4.74 Å². The first-order chi connectivity index (χ1) is 11.9. The fourth-order valence-corrected chi connectivity index (χ4v) is 4.05. The Morgan fingerprint density at radius 2 is 2.08 bits per heavy atom. The van der Waals surface area contributed by atoms with Gasteiger partial charge < -0.3 is 9.64 Å². The molecule has 0 N–H and O–H groups in total. The van der Waals surface area contributed by atoms with Crippen LogP contribution in [0.15, 0.2) is 23.2 Å². The molecule has 0 aliphatic carbocycles. The van der Waals surface area contributed by atoms with Gasteiger partial charge >= 0.3 is 0 Å². The monoisotopic (exact) mass is 357 g/mol. The molecular weight excluding hydrogens is 334 g/mol. The molecule has 2 heterocycles. The summed E-state index contributed by atoms with van der Waals surface area (Å²) < 4.78 is 7.16. The summed E-state index contributed by atoms with van der Waals surface area (Å²) in [4.78, 5) is 14.8. The van der Waals surface area contributed by atoms with Crippen molar-refractivity contribution in [2.45, 2.75) is 20.8 Å². The molecule has 132 valence electrons. The molecule has 0 spiro atoms. The maximum Gasteiger partial charge on any atom is 0.258 e. The molecule has 1 aliphatic rings. The molecule has 1 fully saturated rings. The van der Waals surface area contributed by atoms with Crippen LogP contribution in [0.2, 0.25) is 0 Å². The molecule has 1 amide bonds. The van der Waals surface area contributed by atoms with Gasteiger partial charge in [0.15, 0.2) is 0 Å². The van der Waals surface area contributed by atoms with E-state index in [9.17, 15) is 4.79 Å². The van der Waals surface area contributed by atoms with Crippen molar-refractivity contribution in [3.63, 3.8) is 0 Å². The van der Waals surface area contributed by atoms with Crippen molar-refractivity contribution in [3.8, 4) is 5.75 Å². The highest BCUT2D eigenvalue weighted by molar-refractivity contribution is 8.03. The minimum absolute atomic E-state index is 0.0289. The lowest BCUT2D eigenvalue weighted by molar-refractivity contribution is 0.0831. The van der Waals surface area contributed by atoms with Gasteiger partial charge in [-0.05, 0) is 50.6 Å². The molecule has 0 bridgehead atoms. The van der Waals surface area contributed by atoms with Gasteiger partial charge in [-0.3, -0.25) is 9.48 Å². The average molecular weight is 357 g/mol. The number of carbonyl (C=O) groups is 1. The quantitative estimate of drug-likeness (QED) is 0.843. The Morgan fingerprint density at radius 3 is 2.68 bits per heavy atom. The van der Waals surface area contributed by atoms with Crippen LogP contribution in [0.25, 0.3) is 6.08 Å². The van der Waals surface area contributed by atoms with Crippen LogP contribution in [-0.2, 0) is 7.05 Å². The summed E-state index contributed by atoms with van der Waals surface area (Å²) in [6.07, 6.45) is 2.09. The lowest BCUT2D eigenvalue weighted by Gasteiger charge is -2.18. The van der Waals surface area contributed by atoms with Crippen molar-refractivity contribution >= 4 is 23.7 Å². The van der Waals surface area contributed by atoms with Crippen molar-refractivity contribution in [2.75, 3.05) is 19.4 Å². The molecular formula is C19H23N3O2S. The number of thioether (sulfide) groups is 1. The third-order valence-corrected chi connectivity index (χ3v) is 5.57. The predicted octanol–water partition coefficient (Wildman–Crippen LogP) is 3.54. The van der Waals surface area contributed by atoms with Gasteiger partial charge in [0.1, 0.15) is 5.75 Å². The summed E-state index contributed by atoms with van der Waals surface area (Å²) in [5, 5.41) is 5.44. The zero-order chi connectivity index (χ0) is 18.1. The van der Waals surface area contributed by atoms with Gasteiger partial charge in [-0.15, -0.1) is 11.8 Å². The van der Waals surface area contributed by atoms with E-state index in [1.165, 1.54) is 0 Å². The number of carbonyl (C=O) groups excluding carboxylic acids is 1. The normalized spacial score (nSPS) is 15.9. The Balaban J connectivity index is 1.92. The number of methoxy groups -OCH3 is 1. The van der Waals surface area contributed by atoms with Crippen molar-refractivity contribution in [2.24, 2.45) is 7.05 Å². The van der Waals surface area contributed by atoms with Crippen LogP contribution in [-0.4, -0.2) is 40.0 Å². The topological polar surface area (TPSA) is 47.4 Å². The Labute approximate surface area is 152 Å². The summed E-state index contributed by atoms with van der Waals surface area (Å²) in [5.74, 6) is 1.73. The van der Waals surface area contributed by atoms with E-state index in [0.717, 1.165) is 45.6 Å². The second-order valence-corrected chi connectivity index (χ2v) is 7.30. The molecule has 5 nitrogen and oxygen atoms in total. The number of hydrogen-bond donors (Lipinski definition) is 0. The fraction of sp³-hybridized carbons (Fsp3) is 0.368. The second-order valence-electron chi connectivity index (χ2n) is 6.18. The lowest BCUT2D eigenvalue weighted by atomic mass is 10.1. The third kappa shape index (κ3) is 3.31. The maximum atomic E-state index is 13.0. The minimum atomic E-state index is 0.0289. The molecule has 1 aliphatic heterocycles. The van der Waals surface area contributed by atoms with Crippen molar-refractivity contribution in [1.82, 2.24) is 14.7 Å². The van der Waals surface area contributed by atoms with Gasteiger partial charge in [0.05, 0.1) is 17.8 Å². The standard InChI is InChI=1S/C19H23N3O2S/c1-12-10-15(6-7-17(12)24-5)19(23)22-8-9-25-18(22)11-16-13(2)20-21(4)14(16)3/h6-7,10-11H,8-9H2,1-5H3/b18-11+. The van der Waals surface area contributed by atoms with Crippen LogP contribution >= 0.6 is 11.8 Å². The highest BCUT2D eigenvalue weighted by Gasteiger charge is 2.26. The predicted molar refractivity (Wildman–Crippen MR) is 102 cm³/mol. The third-order valence-electron chi connectivity index (χ3n) is 4.55. The van der Waals surface area contributed by atoms with E-state index >= 15 is 0 Å². The van der Waals surface area contributed by atoms with E-state index < -0.39 is 0 Å². The van der Waals surface area contributed by atoms with E-state index in [-0.39, 0.29) is 5.91 Å². The molecule has 1 aromatic heterocycles. The zero-order valence-electron chi connectivity index (χ0n) is 15.3. The Hall–Kier alpha value is -2.21. The van der Waals surface area contributed by atoms with Crippen LogP contribution in [0.4, 0.5) is 0 Å². The molecule has 0 radical (unpaired) electrons. The molecule has 0 saturated carbocycles. The van der Waals surface area contributed by atoms with Crippen molar-refractivity contribution in [3.05, 3.63) is 51.3 Å². The van der Waals surface area contributed by atoms with Crippen molar-refractivity contribution < 1.29 is 9.53 Å². The molecule has 2 aromatic rings. The van der Waals surface area contributed by atoms with E-state index in [1.807, 2.05) is 55.6 Å². The summed E-state index contributed by atoms with van der Waals surface area (Å²) in [6.45, 7) is 6.72. The Morgan fingerprint density at radius 1 is 1.32 bits per heavy atom. The van der Waals surface area contributed by atoms with Gasteiger partial charge in [-0.1, -0.05) is 0 Å². The summed E-state index contributed by atoms with van der Waals surface area (Å²) in [6, 6.07) is 5.57. The average Bonchev–Trinajstić information content (AvgIpc) is 3.14. The highest BCUT2D eigenvalue weighted by Crippen LogP contribution is 2.33. The van der Waals surface area contributed by atoms with Gasteiger partial charge in [-0.2, -0.15) is 5.10 Å². The number of benzene rings is 1. The molecule has 1 saturated heterocycles. The maximum absolute atomic E-state index is 13.0. The SMILES string of the molecule is COc1ccc(C(=O)N2CCS/C2=C/c2c(C)nn(C)c2C)cc1C. The first-order valence-electron chi connectivity index (χ1n) is 8.23. The largest absolute Gasteiger partial charge is 0.496 e. The number of nitrogens with zero attached hydrogens (tertiary/aromatic N) is 3. The first kappa shape index (κ1) is 17.6. The minimum Gasteiger partial charge on any atom is -0.496 e. The molecule has 3 rings (SSSR count). The number of aromatic nitrogens is 2. The number of amides is 1. The Bertz CT molecular complexity index is 855. The Kier molecular flexibility index (Phi) is 4.90. The summed E-state index contributed by atoms with van der Waals surface area (Å²) in [5.41, 5.74) is 4.82. The molecule has 1 aromatic carbocycles. The number of rotatable bonds is 3. The number of hydrogen-bond acceptors (Lipinski definition) is 4. The van der Waals surface area contributed by atoms with Crippen LogP contribution in [0, 0.1) is 20.8 Å². The fourth-order valence-electron chi connectivity index (χ4n) is 3.04. The van der Waals surface area contributed by atoms with Crippen LogP contribution in [0.5, 0.6) is 5.75 Å². The van der Waals surface area contributed by atoms with E-state index in [0.29, 0.717) is 5.56 Å². The molecule has 6 heteroatoms. The van der Waals surface area contributed by atoms with Crippen LogP contribution in [0.1, 0.15) is 32.9 Å². The van der Waals surface area contributed by atoms with Gasteiger partial charge in [0.25, 0.3) is 5.91 Å². The van der Waals surface area contributed by atoms with Crippen LogP contribution < -0.4 is 4.74 Å². The molecule has 0 unspecified atom stereocenters. The highest BCUT2D eigenvalue weighted by atomic mass is 32.2. The van der Waals surface area contributed by atoms with Gasteiger partial charge in [-0.25, -0.2) is 0 Å². The van der Waals surface area contributed by atoms with Gasteiger partial charge in [0.2, 0.25) is 0 Å². The number of ether oxygens (including phenoxy) is 1. The van der Waals surface area contributed by atoms with E-state index in [1.54, 1.807) is 18.9 Å². The van der Waals surface area contributed by atoms with Crippen molar-refractivity contribution in [1.29, 1.82) is 0 Å². The zero-order valence-corrected chi connectivity index (χ0v) is 16.1. The number of aryl methyl sites for hydroxylation is 3. The van der Waals surface area contributed by atoms with Crippen LogP contribution in [0.3, 0.4) is 0 Å². The summed E-state index contributed by atoms with van der Waals surface area (Å²) in [7, 11) is 3.58. The van der Waals surface area contributed by atoms with Gasteiger partial charge in [0, 0.05) is 36.2 Å². The first-order valence-corrected chi connectivity index (χ1v) is 9.22. The second kappa shape index (κ2) is 6.96. The van der Waals surface area contributed by atoms with E-state index in [2.05, 4.69) is 11.2 Å². The molecule has 0 atom stereocenters. The molecule has 25 heavy (non-hydrogen) atoms. The smallest absolute Gasteiger partial charge is 0.258 e. The lowest BCUT2D eigenvalue weighted by Crippen LogP contribution is -2.26. The summed E-state index contributed by atoms with van der Waals surface area (Å²) >= 11 is 1.71.